The summed E-state index contributed by atoms with van der Waals surface area (Å²) in [5, 5.41) is 3.90. The van der Waals surface area contributed by atoms with E-state index in [0.29, 0.717) is 17.1 Å². The minimum Gasteiger partial charge on any atom is -0.493 e. The van der Waals surface area contributed by atoms with Gasteiger partial charge in [0.25, 0.3) is 5.91 Å². The minimum atomic E-state index is -0.101. The third-order valence-corrected chi connectivity index (χ3v) is 8.19. The number of nitrogens with zero attached hydrogens (tertiary/aromatic N) is 1. The molecule has 0 bridgehead atoms. The topological polar surface area (TPSA) is 59.9 Å². The normalized spacial score (nSPS) is 13.4. The molecule has 1 N–H and O–H groups in total. The van der Waals surface area contributed by atoms with Gasteiger partial charge in [0.05, 0.1) is 17.1 Å². The number of carbonyl (C=O) groups excluding carboxylic acids is 1. The van der Waals surface area contributed by atoms with Crippen LogP contribution >= 0.6 is 27.3 Å². The zero-order valence-electron chi connectivity index (χ0n) is 21.4. The van der Waals surface area contributed by atoms with Crippen molar-refractivity contribution in [2.24, 2.45) is 4.99 Å². The largest absolute Gasteiger partial charge is 0.493 e. The number of methoxy groups -OCH3 is 1. The Bertz CT molecular complexity index is 1370. The van der Waals surface area contributed by atoms with Crippen LogP contribution in [0.4, 0.5) is 10.7 Å². The predicted octanol–water partition coefficient (Wildman–Crippen LogP) is 7.81. The van der Waals surface area contributed by atoms with Gasteiger partial charge in [-0.3, -0.25) is 4.79 Å². The Morgan fingerprint density at radius 3 is 2.73 bits per heavy atom. The summed E-state index contributed by atoms with van der Waals surface area (Å²) < 4.78 is 11.9. The molecule has 0 fully saturated rings. The lowest BCUT2D eigenvalue weighted by Crippen LogP contribution is -2.15. The molecule has 1 aliphatic rings. The average molecular weight is 580 g/mol. The van der Waals surface area contributed by atoms with Gasteiger partial charge in [0.2, 0.25) is 0 Å². The van der Waals surface area contributed by atoms with E-state index in [0.717, 1.165) is 63.1 Å². The number of amides is 1. The molecule has 1 amide bonds. The van der Waals surface area contributed by atoms with Crippen molar-refractivity contribution < 1.29 is 14.3 Å². The monoisotopic (exact) mass is 578 g/mol. The van der Waals surface area contributed by atoms with E-state index in [9.17, 15) is 4.79 Å². The second-order valence-electron chi connectivity index (χ2n) is 9.16. The Hall–Kier alpha value is -3.08. The SMILES string of the molecule is C#CCOc1c(Br)cc(C=Nc2sc3c(c2C(=O)Nc2cc(C)ccc2C)CCCCCC3)cc1OC. The Labute approximate surface area is 231 Å². The molecule has 3 aromatic rings. The zero-order chi connectivity index (χ0) is 26.4. The number of rotatable bonds is 7. The summed E-state index contributed by atoms with van der Waals surface area (Å²) in [5.41, 5.74) is 5.64. The summed E-state index contributed by atoms with van der Waals surface area (Å²) in [7, 11) is 1.58. The number of anilines is 1. The van der Waals surface area contributed by atoms with Crippen LogP contribution in [0, 0.1) is 26.2 Å². The first-order valence-electron chi connectivity index (χ1n) is 12.4. The fourth-order valence-electron chi connectivity index (χ4n) is 4.49. The summed E-state index contributed by atoms with van der Waals surface area (Å²) in [6, 6.07) is 9.84. The van der Waals surface area contributed by atoms with E-state index >= 15 is 0 Å². The van der Waals surface area contributed by atoms with Crippen LogP contribution in [0.3, 0.4) is 0 Å². The fourth-order valence-corrected chi connectivity index (χ4v) is 6.29. The van der Waals surface area contributed by atoms with Crippen molar-refractivity contribution in [3.8, 4) is 23.8 Å². The van der Waals surface area contributed by atoms with E-state index < -0.39 is 0 Å². The third kappa shape index (κ3) is 6.44. The van der Waals surface area contributed by atoms with Gasteiger partial charge in [-0.15, -0.1) is 17.8 Å². The van der Waals surface area contributed by atoms with Gasteiger partial charge < -0.3 is 14.8 Å². The molecule has 0 radical (unpaired) electrons. The van der Waals surface area contributed by atoms with Crippen molar-refractivity contribution in [1.82, 2.24) is 0 Å². The average Bonchev–Trinajstić information content (AvgIpc) is 3.20. The number of ether oxygens (including phenoxy) is 2. The van der Waals surface area contributed by atoms with Crippen LogP contribution in [0.25, 0.3) is 0 Å². The lowest BCUT2D eigenvalue weighted by Gasteiger charge is -2.13. The van der Waals surface area contributed by atoms with Crippen LogP contribution in [0.5, 0.6) is 11.5 Å². The maximum absolute atomic E-state index is 13.7. The first-order chi connectivity index (χ1) is 17.9. The second kappa shape index (κ2) is 12.4. The van der Waals surface area contributed by atoms with Crippen molar-refractivity contribution in [1.29, 1.82) is 0 Å². The molecule has 0 saturated carbocycles. The number of aryl methyl sites for hydroxylation is 3. The van der Waals surface area contributed by atoms with Gasteiger partial charge in [0.1, 0.15) is 11.6 Å². The van der Waals surface area contributed by atoms with Crippen molar-refractivity contribution in [3.63, 3.8) is 0 Å². The minimum absolute atomic E-state index is 0.101. The lowest BCUT2D eigenvalue weighted by atomic mass is 9.96. The number of nitrogens with one attached hydrogen (secondary N) is 1. The highest BCUT2D eigenvalue weighted by Crippen LogP contribution is 2.40. The summed E-state index contributed by atoms with van der Waals surface area (Å²) in [6.45, 7) is 4.18. The van der Waals surface area contributed by atoms with Gasteiger partial charge in [-0.05, 0) is 95.9 Å². The number of terminal acetylenes is 1. The van der Waals surface area contributed by atoms with Crippen LogP contribution in [-0.2, 0) is 12.8 Å². The highest BCUT2D eigenvalue weighted by atomic mass is 79.9. The number of carbonyl (C=O) groups is 1. The van der Waals surface area contributed by atoms with Gasteiger partial charge in [0.15, 0.2) is 11.5 Å². The van der Waals surface area contributed by atoms with Crippen LogP contribution < -0.4 is 14.8 Å². The van der Waals surface area contributed by atoms with E-state index in [-0.39, 0.29) is 12.5 Å². The van der Waals surface area contributed by atoms with Crippen molar-refractivity contribution >= 4 is 50.1 Å². The van der Waals surface area contributed by atoms with Crippen LogP contribution in [0.1, 0.15) is 63.2 Å². The Morgan fingerprint density at radius 2 is 1.97 bits per heavy atom. The molecule has 7 heteroatoms. The van der Waals surface area contributed by atoms with E-state index in [1.165, 1.54) is 17.7 Å². The summed E-state index contributed by atoms with van der Waals surface area (Å²) >= 11 is 5.18. The highest BCUT2D eigenvalue weighted by molar-refractivity contribution is 9.10. The number of aliphatic imine (C=N–C) groups is 1. The molecule has 0 saturated heterocycles. The molecule has 1 heterocycles. The molecule has 5 nitrogen and oxygen atoms in total. The lowest BCUT2D eigenvalue weighted by molar-refractivity contribution is 0.102. The molecule has 0 aliphatic heterocycles. The molecule has 0 atom stereocenters. The maximum Gasteiger partial charge on any atom is 0.259 e. The molecule has 1 aliphatic carbocycles. The molecule has 192 valence electrons. The molecule has 0 spiro atoms. The van der Waals surface area contributed by atoms with Gasteiger partial charge in [-0.2, -0.15) is 0 Å². The predicted molar refractivity (Wildman–Crippen MR) is 156 cm³/mol. The van der Waals surface area contributed by atoms with Crippen molar-refractivity contribution in [2.75, 3.05) is 19.0 Å². The zero-order valence-corrected chi connectivity index (χ0v) is 23.9. The van der Waals surface area contributed by atoms with Crippen LogP contribution in [-0.4, -0.2) is 25.8 Å². The van der Waals surface area contributed by atoms with Gasteiger partial charge in [-0.25, -0.2) is 4.99 Å². The third-order valence-electron chi connectivity index (χ3n) is 6.40. The van der Waals surface area contributed by atoms with E-state index in [4.69, 9.17) is 20.9 Å². The van der Waals surface area contributed by atoms with Gasteiger partial charge in [0, 0.05) is 16.8 Å². The summed E-state index contributed by atoms with van der Waals surface area (Å²) in [5.74, 6) is 3.47. The molecule has 2 aromatic carbocycles. The van der Waals surface area contributed by atoms with E-state index in [1.54, 1.807) is 24.7 Å². The number of fused-ring (bicyclic) bond motifs is 1. The van der Waals surface area contributed by atoms with E-state index in [2.05, 4.69) is 33.2 Å². The van der Waals surface area contributed by atoms with Gasteiger partial charge >= 0.3 is 0 Å². The molecular weight excluding hydrogens is 548 g/mol. The second-order valence-corrected chi connectivity index (χ2v) is 11.1. The smallest absolute Gasteiger partial charge is 0.259 e. The Balaban J connectivity index is 1.72. The standard InChI is InChI=1S/C30H31BrN2O3S/c1-5-14-36-28-23(31)16-21(17-25(28)35-4)18-32-30-27(22-10-8-6-7-9-11-26(22)37-30)29(34)33-24-15-19(2)12-13-20(24)3/h1,12-13,15-18H,6-11,14H2,2-4H3,(H,33,34). The summed E-state index contributed by atoms with van der Waals surface area (Å²) in [6.07, 6.45) is 13.6. The first-order valence-corrected chi connectivity index (χ1v) is 14.0. The number of benzene rings is 2. The first kappa shape index (κ1) is 27.0. The van der Waals surface area contributed by atoms with Crippen LogP contribution in [0.15, 0.2) is 39.8 Å². The highest BCUT2D eigenvalue weighted by Gasteiger charge is 2.24. The van der Waals surface area contributed by atoms with Gasteiger partial charge in [-0.1, -0.05) is 30.9 Å². The maximum atomic E-state index is 13.7. The molecule has 37 heavy (non-hydrogen) atoms. The van der Waals surface area contributed by atoms with E-state index in [1.807, 2.05) is 38.1 Å². The number of hydrogen-bond acceptors (Lipinski definition) is 5. The molecular formula is C30H31BrN2O3S. The molecule has 1 aromatic heterocycles. The molecule has 4 rings (SSSR count). The number of halogens is 1. The fraction of sp³-hybridized carbons (Fsp3) is 0.333. The summed E-state index contributed by atoms with van der Waals surface area (Å²) in [4.78, 5) is 19.8. The number of thiophene rings is 1. The van der Waals surface area contributed by atoms with Crippen LogP contribution in [0.2, 0.25) is 0 Å². The quantitative estimate of drug-likeness (QED) is 0.230. The van der Waals surface area contributed by atoms with Crippen molar-refractivity contribution in [2.45, 2.75) is 52.4 Å². The number of hydrogen-bond donors (Lipinski definition) is 1. The Kier molecular flexibility index (Phi) is 9.07. The van der Waals surface area contributed by atoms with Crippen molar-refractivity contribution in [3.05, 3.63) is 67.5 Å². The Morgan fingerprint density at radius 1 is 1.19 bits per heavy atom. The molecule has 0 unspecified atom stereocenters.